The lowest BCUT2D eigenvalue weighted by atomic mass is 9.69. The Kier molecular flexibility index (Phi) is 4.62. The number of ether oxygens (including phenoxy) is 1. The molecule has 0 aromatic heterocycles. The van der Waals surface area contributed by atoms with Crippen LogP contribution in [0.15, 0.2) is 0 Å². The van der Waals surface area contributed by atoms with Gasteiger partial charge in [-0.2, -0.15) is 0 Å². The molecular formula is C17H30N2O4S. The van der Waals surface area contributed by atoms with Gasteiger partial charge in [0.1, 0.15) is 5.60 Å². The molecule has 1 saturated carbocycles. The first-order chi connectivity index (χ1) is 11.1. The van der Waals surface area contributed by atoms with Gasteiger partial charge in [0.15, 0.2) is 9.84 Å². The fraction of sp³-hybridized carbons (Fsp3) is 0.941. The molecule has 6 nitrogen and oxygen atoms in total. The zero-order valence-corrected chi connectivity index (χ0v) is 15.8. The molecule has 2 unspecified atom stereocenters. The van der Waals surface area contributed by atoms with E-state index in [1.807, 2.05) is 25.7 Å². The molecule has 1 spiro atoms. The first-order valence-corrected chi connectivity index (χ1v) is 10.9. The highest BCUT2D eigenvalue weighted by atomic mass is 32.2. The van der Waals surface area contributed by atoms with Crippen molar-refractivity contribution in [3.63, 3.8) is 0 Å². The van der Waals surface area contributed by atoms with Gasteiger partial charge in [-0.1, -0.05) is 0 Å². The number of rotatable bonds is 2. The van der Waals surface area contributed by atoms with E-state index >= 15 is 0 Å². The summed E-state index contributed by atoms with van der Waals surface area (Å²) >= 11 is 0. The predicted molar refractivity (Wildman–Crippen MR) is 92.7 cm³/mol. The SMILES string of the molecule is CC(C)(C)OC(=O)N1CCC(NC2CCS(=O)(=O)C2)CC12CCC2. The number of carbonyl (C=O) groups is 1. The van der Waals surface area contributed by atoms with Crippen LogP contribution in [0.5, 0.6) is 0 Å². The molecule has 2 atom stereocenters. The summed E-state index contributed by atoms with van der Waals surface area (Å²) in [5, 5.41) is 3.55. The molecule has 1 N–H and O–H groups in total. The first kappa shape index (κ1) is 18.0. The maximum atomic E-state index is 12.6. The van der Waals surface area contributed by atoms with Gasteiger partial charge in [-0.25, -0.2) is 13.2 Å². The van der Waals surface area contributed by atoms with Gasteiger partial charge in [-0.3, -0.25) is 0 Å². The van der Waals surface area contributed by atoms with Crippen molar-refractivity contribution >= 4 is 15.9 Å². The van der Waals surface area contributed by atoms with Crippen LogP contribution >= 0.6 is 0 Å². The molecule has 0 bridgehead atoms. The predicted octanol–water partition coefficient (Wildman–Crippen LogP) is 2.09. The second kappa shape index (κ2) is 6.16. The van der Waals surface area contributed by atoms with Crippen molar-refractivity contribution < 1.29 is 17.9 Å². The van der Waals surface area contributed by atoms with Crippen LogP contribution in [0, 0.1) is 0 Å². The van der Waals surface area contributed by atoms with Gasteiger partial charge >= 0.3 is 6.09 Å². The van der Waals surface area contributed by atoms with Crippen molar-refractivity contribution in [2.24, 2.45) is 0 Å². The van der Waals surface area contributed by atoms with Gasteiger partial charge in [0.25, 0.3) is 0 Å². The van der Waals surface area contributed by atoms with Crippen LogP contribution in [0.1, 0.15) is 59.3 Å². The van der Waals surface area contributed by atoms with Crippen LogP contribution in [0.25, 0.3) is 0 Å². The molecule has 0 aromatic carbocycles. The van der Waals surface area contributed by atoms with Gasteiger partial charge in [0, 0.05) is 24.2 Å². The minimum atomic E-state index is -2.86. The van der Waals surface area contributed by atoms with E-state index in [9.17, 15) is 13.2 Å². The summed E-state index contributed by atoms with van der Waals surface area (Å²) < 4.78 is 28.9. The Balaban J connectivity index is 1.62. The summed E-state index contributed by atoms with van der Waals surface area (Å²) in [5.74, 6) is 0.554. The third kappa shape index (κ3) is 3.87. The number of piperidine rings is 1. The van der Waals surface area contributed by atoms with E-state index in [-0.39, 0.29) is 23.4 Å². The van der Waals surface area contributed by atoms with Crippen LogP contribution in [0.2, 0.25) is 0 Å². The zero-order chi connectivity index (χ0) is 17.6. The average Bonchev–Trinajstić information content (AvgIpc) is 2.74. The van der Waals surface area contributed by atoms with E-state index in [4.69, 9.17) is 4.74 Å². The standard InChI is InChI=1S/C17H30N2O4S/c1-16(2,3)23-15(20)19-9-5-13(11-17(19)7-4-8-17)18-14-6-10-24(21,22)12-14/h13-14,18H,4-12H2,1-3H3. The van der Waals surface area contributed by atoms with E-state index in [0.717, 1.165) is 32.1 Å². The van der Waals surface area contributed by atoms with Crippen molar-refractivity contribution in [2.75, 3.05) is 18.1 Å². The summed E-state index contributed by atoms with van der Waals surface area (Å²) in [4.78, 5) is 14.5. The fourth-order valence-corrected chi connectivity index (χ4v) is 5.94. The molecule has 1 amide bonds. The molecule has 138 valence electrons. The van der Waals surface area contributed by atoms with Crippen LogP contribution in [0.4, 0.5) is 4.79 Å². The molecule has 2 aliphatic heterocycles. The van der Waals surface area contributed by atoms with Crippen LogP contribution in [-0.2, 0) is 14.6 Å². The molecule has 2 saturated heterocycles. The van der Waals surface area contributed by atoms with Gasteiger partial charge in [0.05, 0.1) is 11.5 Å². The molecule has 3 rings (SSSR count). The summed E-state index contributed by atoms with van der Waals surface area (Å²) in [6.45, 7) is 6.37. The summed E-state index contributed by atoms with van der Waals surface area (Å²) in [5.41, 5.74) is -0.564. The minimum Gasteiger partial charge on any atom is -0.444 e. The Morgan fingerprint density at radius 1 is 1.21 bits per heavy atom. The normalized spacial score (nSPS) is 31.7. The molecule has 0 aromatic rings. The lowest BCUT2D eigenvalue weighted by Crippen LogP contribution is -2.64. The van der Waals surface area contributed by atoms with Gasteiger partial charge < -0.3 is 15.0 Å². The molecule has 7 heteroatoms. The second-order valence-electron chi connectivity index (χ2n) is 8.67. The number of likely N-dealkylation sites (tertiary alicyclic amines) is 1. The van der Waals surface area contributed by atoms with Gasteiger partial charge in [0.2, 0.25) is 0 Å². The largest absolute Gasteiger partial charge is 0.444 e. The van der Waals surface area contributed by atoms with Crippen LogP contribution < -0.4 is 5.32 Å². The monoisotopic (exact) mass is 358 g/mol. The lowest BCUT2D eigenvalue weighted by Gasteiger charge is -2.55. The van der Waals surface area contributed by atoms with E-state index in [1.165, 1.54) is 0 Å². The highest BCUT2D eigenvalue weighted by Gasteiger charge is 2.50. The summed E-state index contributed by atoms with van der Waals surface area (Å²) in [6.07, 6.45) is 5.45. The number of hydrogen-bond acceptors (Lipinski definition) is 5. The second-order valence-corrected chi connectivity index (χ2v) is 10.9. The number of hydrogen-bond donors (Lipinski definition) is 1. The Morgan fingerprint density at radius 3 is 2.42 bits per heavy atom. The summed E-state index contributed by atoms with van der Waals surface area (Å²) in [7, 11) is -2.86. The van der Waals surface area contributed by atoms with Crippen molar-refractivity contribution in [3.05, 3.63) is 0 Å². The number of nitrogens with one attached hydrogen (secondary N) is 1. The molecule has 24 heavy (non-hydrogen) atoms. The maximum Gasteiger partial charge on any atom is 0.410 e. The van der Waals surface area contributed by atoms with E-state index in [2.05, 4.69) is 5.32 Å². The Morgan fingerprint density at radius 2 is 1.92 bits per heavy atom. The number of sulfone groups is 1. The lowest BCUT2D eigenvalue weighted by molar-refractivity contribution is -0.0498. The molecular weight excluding hydrogens is 328 g/mol. The molecule has 2 heterocycles. The van der Waals surface area contributed by atoms with E-state index < -0.39 is 15.4 Å². The Hall–Kier alpha value is -0.820. The highest BCUT2D eigenvalue weighted by molar-refractivity contribution is 7.91. The maximum absolute atomic E-state index is 12.6. The minimum absolute atomic E-state index is 0.0743. The molecule has 0 radical (unpaired) electrons. The van der Waals surface area contributed by atoms with Crippen LogP contribution in [0.3, 0.4) is 0 Å². The molecule has 3 fully saturated rings. The molecule has 3 aliphatic rings. The van der Waals surface area contributed by atoms with Crippen LogP contribution in [-0.4, -0.2) is 60.7 Å². The zero-order valence-electron chi connectivity index (χ0n) is 15.0. The van der Waals surface area contributed by atoms with Crippen molar-refractivity contribution in [1.29, 1.82) is 0 Å². The number of carbonyl (C=O) groups excluding carboxylic acids is 1. The van der Waals surface area contributed by atoms with E-state index in [0.29, 0.717) is 24.8 Å². The first-order valence-electron chi connectivity index (χ1n) is 9.06. The van der Waals surface area contributed by atoms with E-state index in [1.54, 1.807) is 0 Å². The highest BCUT2D eigenvalue weighted by Crippen LogP contribution is 2.45. The van der Waals surface area contributed by atoms with Gasteiger partial charge in [-0.15, -0.1) is 0 Å². The third-order valence-electron chi connectivity index (χ3n) is 5.50. The third-order valence-corrected chi connectivity index (χ3v) is 7.27. The van der Waals surface area contributed by atoms with Crippen molar-refractivity contribution in [2.45, 2.75) is 82.5 Å². The number of nitrogens with zero attached hydrogens (tertiary/aromatic N) is 1. The quantitative estimate of drug-likeness (QED) is 0.818. The van der Waals surface area contributed by atoms with Gasteiger partial charge in [-0.05, 0) is 59.3 Å². The van der Waals surface area contributed by atoms with Crippen molar-refractivity contribution in [1.82, 2.24) is 10.2 Å². The van der Waals surface area contributed by atoms with Crippen molar-refractivity contribution in [3.8, 4) is 0 Å². The smallest absolute Gasteiger partial charge is 0.410 e. The Labute approximate surface area is 145 Å². The fourth-order valence-electron chi connectivity index (χ4n) is 4.26. The Bertz CT molecular complexity index is 592. The summed E-state index contributed by atoms with van der Waals surface area (Å²) in [6, 6.07) is 0.368. The average molecular weight is 359 g/mol. The molecule has 1 aliphatic carbocycles. The topological polar surface area (TPSA) is 75.7 Å². The number of amides is 1.